The van der Waals surface area contributed by atoms with Gasteiger partial charge in [0.2, 0.25) is 5.95 Å². The Bertz CT molecular complexity index is 1240. The number of aromatic nitrogens is 3. The minimum atomic E-state index is -4.73. The molecule has 0 bridgehead atoms. The molecule has 2 fully saturated rings. The van der Waals surface area contributed by atoms with Crippen LogP contribution in [0, 0.1) is 11.3 Å². The smallest absolute Gasteiger partial charge is 0.424 e. The first kappa shape index (κ1) is 25.8. The number of alkyl halides is 3. The molecule has 1 aromatic carbocycles. The van der Waals surface area contributed by atoms with Crippen LogP contribution in [0.15, 0.2) is 47.3 Å². The molecule has 9 nitrogen and oxygen atoms in total. The molecule has 2 N–H and O–H groups in total. The van der Waals surface area contributed by atoms with Gasteiger partial charge in [0.05, 0.1) is 24.2 Å². The summed E-state index contributed by atoms with van der Waals surface area (Å²) in [5, 5.41) is 16.2. The molecule has 0 amide bonds. The van der Waals surface area contributed by atoms with E-state index in [1.54, 1.807) is 18.6 Å². The maximum absolute atomic E-state index is 12.4. The van der Waals surface area contributed by atoms with Gasteiger partial charge in [-0.1, -0.05) is 12.8 Å². The molecule has 2 aromatic heterocycles. The molecular weight excluding hydrogens is 499 g/mol. The maximum Gasteiger partial charge on any atom is 0.573 e. The molecule has 2 aliphatic rings. The van der Waals surface area contributed by atoms with E-state index in [4.69, 9.17) is 9.68 Å². The molecule has 1 saturated carbocycles. The normalized spacial score (nSPS) is 22.1. The Morgan fingerprint density at radius 1 is 0.974 bits per heavy atom. The maximum atomic E-state index is 12.4. The van der Waals surface area contributed by atoms with Crippen LogP contribution in [-0.4, -0.2) is 52.5 Å². The summed E-state index contributed by atoms with van der Waals surface area (Å²) in [7, 11) is 0. The first-order valence-corrected chi connectivity index (χ1v) is 12.7. The van der Waals surface area contributed by atoms with Crippen molar-refractivity contribution in [2.45, 2.75) is 63.0 Å². The van der Waals surface area contributed by atoms with Crippen molar-refractivity contribution in [3.05, 3.63) is 48.4 Å². The summed E-state index contributed by atoms with van der Waals surface area (Å²) in [5.41, 5.74) is 1.05. The fourth-order valence-corrected chi connectivity index (χ4v) is 5.10. The van der Waals surface area contributed by atoms with E-state index >= 15 is 0 Å². The van der Waals surface area contributed by atoms with Gasteiger partial charge in [-0.15, -0.1) is 13.2 Å². The number of anilines is 2. The van der Waals surface area contributed by atoms with Gasteiger partial charge in [0.1, 0.15) is 11.8 Å². The molecule has 5 rings (SSSR count). The fourth-order valence-electron chi connectivity index (χ4n) is 5.10. The van der Waals surface area contributed by atoms with E-state index in [-0.39, 0.29) is 23.9 Å². The van der Waals surface area contributed by atoms with Crippen LogP contribution in [-0.2, 0) is 0 Å². The van der Waals surface area contributed by atoms with E-state index in [1.807, 2.05) is 6.07 Å². The van der Waals surface area contributed by atoms with Gasteiger partial charge < -0.3 is 24.7 Å². The molecule has 3 aromatic rings. The Kier molecular flexibility index (Phi) is 7.64. The number of hydrogen-bond acceptors (Lipinski definition) is 9. The van der Waals surface area contributed by atoms with Crippen molar-refractivity contribution in [1.82, 2.24) is 20.3 Å². The zero-order valence-corrected chi connectivity index (χ0v) is 20.6. The molecule has 3 atom stereocenters. The predicted molar refractivity (Wildman–Crippen MR) is 133 cm³/mol. The second-order valence-corrected chi connectivity index (χ2v) is 9.58. The highest BCUT2D eigenvalue weighted by atomic mass is 19.4. The van der Waals surface area contributed by atoms with Gasteiger partial charge in [-0.2, -0.15) is 5.26 Å². The van der Waals surface area contributed by atoms with Crippen LogP contribution in [0.2, 0.25) is 0 Å². The number of oxazole rings is 1. The number of halogens is 3. The van der Waals surface area contributed by atoms with E-state index in [1.165, 1.54) is 24.3 Å². The zero-order chi connectivity index (χ0) is 26.5. The average molecular weight is 528 g/mol. The monoisotopic (exact) mass is 527 g/mol. The van der Waals surface area contributed by atoms with Crippen molar-refractivity contribution in [3.8, 4) is 23.1 Å². The number of piperidine rings is 1. The molecule has 12 heteroatoms. The van der Waals surface area contributed by atoms with Crippen LogP contribution in [0.3, 0.4) is 0 Å². The summed E-state index contributed by atoms with van der Waals surface area (Å²) < 4.78 is 47.0. The van der Waals surface area contributed by atoms with Crippen molar-refractivity contribution in [2.75, 3.05) is 23.3 Å². The molecule has 200 valence electrons. The van der Waals surface area contributed by atoms with Crippen LogP contribution in [0.1, 0.15) is 44.1 Å². The standard InChI is InChI=1S/C26H28F3N7O2/c27-26(28,29)38-20-9-7-18(8-10-20)23-15-33-25(37-23)35-22-6-2-1-5-21(22)34-19-4-3-11-36(16-19)24-31-13-17(12-30)14-32-24/h7-10,13-15,19,21-22,34H,1-6,11,16H2,(H,33,35)/t19-,21+,22+/m0/s1. The van der Waals surface area contributed by atoms with Crippen LogP contribution < -0.4 is 20.3 Å². The van der Waals surface area contributed by atoms with Crippen LogP contribution >= 0.6 is 0 Å². The van der Waals surface area contributed by atoms with Gasteiger partial charge in [-0.3, -0.25) is 0 Å². The molecule has 1 saturated heterocycles. The number of ether oxygens (including phenoxy) is 1. The highest BCUT2D eigenvalue weighted by Crippen LogP contribution is 2.29. The number of nitrogens with one attached hydrogen (secondary N) is 2. The third-order valence-electron chi connectivity index (χ3n) is 6.87. The molecule has 1 aliphatic heterocycles. The largest absolute Gasteiger partial charge is 0.573 e. The Labute approximate surface area is 218 Å². The zero-order valence-electron chi connectivity index (χ0n) is 20.6. The van der Waals surface area contributed by atoms with Crippen molar-refractivity contribution in [1.29, 1.82) is 5.26 Å². The van der Waals surface area contributed by atoms with Crippen LogP contribution in [0.5, 0.6) is 5.75 Å². The Morgan fingerprint density at radius 2 is 1.71 bits per heavy atom. The number of benzene rings is 1. The topological polar surface area (TPSA) is 112 Å². The van der Waals surface area contributed by atoms with Crippen LogP contribution in [0.4, 0.5) is 25.1 Å². The van der Waals surface area contributed by atoms with Gasteiger partial charge in [0.25, 0.3) is 6.01 Å². The predicted octanol–water partition coefficient (Wildman–Crippen LogP) is 4.88. The van der Waals surface area contributed by atoms with Crippen molar-refractivity contribution < 1.29 is 22.3 Å². The minimum absolute atomic E-state index is 0.124. The number of rotatable bonds is 7. The van der Waals surface area contributed by atoms with Crippen molar-refractivity contribution in [2.24, 2.45) is 0 Å². The first-order chi connectivity index (χ1) is 18.4. The first-order valence-electron chi connectivity index (χ1n) is 12.7. The van der Waals surface area contributed by atoms with E-state index in [9.17, 15) is 13.2 Å². The third kappa shape index (κ3) is 6.52. The van der Waals surface area contributed by atoms with Crippen LogP contribution in [0.25, 0.3) is 11.3 Å². The van der Waals surface area contributed by atoms with Crippen molar-refractivity contribution >= 4 is 12.0 Å². The summed E-state index contributed by atoms with van der Waals surface area (Å²) in [5.74, 6) is 0.804. The number of hydrogen-bond donors (Lipinski definition) is 2. The van der Waals surface area contributed by atoms with E-state index < -0.39 is 6.36 Å². The van der Waals surface area contributed by atoms with E-state index in [2.05, 4.69) is 35.2 Å². The lowest BCUT2D eigenvalue weighted by Crippen LogP contribution is -2.55. The Balaban J connectivity index is 1.19. The molecule has 38 heavy (non-hydrogen) atoms. The quantitative estimate of drug-likeness (QED) is 0.444. The van der Waals surface area contributed by atoms with Gasteiger partial charge in [-0.05, 0) is 49.9 Å². The molecular formula is C26H28F3N7O2. The fraction of sp³-hybridized carbons (Fsp3) is 0.462. The molecule has 1 aliphatic carbocycles. The molecule has 3 heterocycles. The van der Waals surface area contributed by atoms with Gasteiger partial charge >= 0.3 is 6.36 Å². The second-order valence-electron chi connectivity index (χ2n) is 9.58. The summed E-state index contributed by atoms with van der Waals surface area (Å²) in [6, 6.07) is 8.55. The number of nitriles is 1. The Hall–Kier alpha value is -3.85. The lowest BCUT2D eigenvalue weighted by molar-refractivity contribution is -0.274. The minimum Gasteiger partial charge on any atom is -0.424 e. The van der Waals surface area contributed by atoms with Crippen molar-refractivity contribution in [3.63, 3.8) is 0 Å². The molecule has 0 spiro atoms. The Morgan fingerprint density at radius 3 is 2.42 bits per heavy atom. The van der Waals surface area contributed by atoms with E-state index in [0.29, 0.717) is 28.9 Å². The lowest BCUT2D eigenvalue weighted by atomic mass is 9.89. The SMILES string of the molecule is N#Cc1cnc(N2CCC[C@H](N[C@@H]3CCCC[C@H]3Nc3ncc(-c4ccc(OC(F)(F)F)cc4)o3)C2)nc1. The summed E-state index contributed by atoms with van der Waals surface area (Å²) in [6.07, 6.45) is 6.21. The third-order valence-corrected chi connectivity index (χ3v) is 6.87. The highest BCUT2D eigenvalue weighted by molar-refractivity contribution is 5.58. The second kappa shape index (κ2) is 11.3. The molecule has 0 radical (unpaired) electrons. The summed E-state index contributed by atoms with van der Waals surface area (Å²) >= 11 is 0. The van der Waals surface area contributed by atoms with E-state index in [0.717, 1.165) is 51.6 Å². The van der Waals surface area contributed by atoms with Gasteiger partial charge in [-0.25, -0.2) is 15.0 Å². The molecule has 0 unspecified atom stereocenters. The summed E-state index contributed by atoms with van der Waals surface area (Å²) in [6.45, 7) is 1.66. The average Bonchev–Trinajstić information content (AvgIpc) is 3.38. The summed E-state index contributed by atoms with van der Waals surface area (Å²) in [4.78, 5) is 15.2. The number of nitrogens with zero attached hydrogens (tertiary/aromatic N) is 5. The highest BCUT2D eigenvalue weighted by Gasteiger charge is 2.32. The lowest BCUT2D eigenvalue weighted by Gasteiger charge is -2.39. The van der Waals surface area contributed by atoms with Gasteiger partial charge in [0, 0.05) is 36.8 Å². The van der Waals surface area contributed by atoms with Gasteiger partial charge in [0.15, 0.2) is 5.76 Å².